The lowest BCUT2D eigenvalue weighted by Crippen LogP contribution is -2.42. The lowest BCUT2D eigenvalue weighted by Gasteiger charge is -2.33. The smallest absolute Gasteiger partial charge is 0.136 e. The first-order valence-electron chi connectivity index (χ1n) is 5.90. The number of hydrogen-bond acceptors (Lipinski definition) is 4. The summed E-state index contributed by atoms with van der Waals surface area (Å²) in [6.07, 6.45) is 3.95. The van der Waals surface area contributed by atoms with E-state index in [-0.39, 0.29) is 0 Å². The molecule has 2 unspecified atom stereocenters. The van der Waals surface area contributed by atoms with E-state index in [9.17, 15) is 4.79 Å². The number of Topliss-reactive ketones (excluding diaryl/α,β-unsaturated/α-hetero) is 1. The average molecular weight is 236 g/mol. The molecule has 4 heteroatoms. The monoisotopic (exact) mass is 236 g/mol. The number of hydrogen-bond donors (Lipinski definition) is 0. The predicted molar refractivity (Wildman–Crippen MR) is 63.4 cm³/mol. The Kier molecular flexibility index (Phi) is 2.56. The van der Waals surface area contributed by atoms with Gasteiger partial charge in [0.05, 0.1) is 11.2 Å². The molecule has 2 atom stereocenters. The highest BCUT2D eigenvalue weighted by atomic mass is 32.1. The van der Waals surface area contributed by atoms with Crippen LogP contribution in [0.15, 0.2) is 5.51 Å². The number of nitrogens with zero attached hydrogens (tertiary/aromatic N) is 2. The van der Waals surface area contributed by atoms with Gasteiger partial charge in [0.25, 0.3) is 0 Å². The summed E-state index contributed by atoms with van der Waals surface area (Å²) in [5, 5.41) is 0. The molecule has 16 heavy (non-hydrogen) atoms. The van der Waals surface area contributed by atoms with E-state index in [4.69, 9.17) is 0 Å². The Morgan fingerprint density at radius 3 is 2.69 bits per heavy atom. The second-order valence-corrected chi connectivity index (χ2v) is 5.80. The van der Waals surface area contributed by atoms with Crippen molar-refractivity contribution in [3.05, 3.63) is 16.1 Å². The van der Waals surface area contributed by atoms with Crippen LogP contribution in [0.4, 0.5) is 0 Å². The number of aromatic nitrogens is 1. The van der Waals surface area contributed by atoms with E-state index in [1.165, 1.54) is 17.7 Å². The van der Waals surface area contributed by atoms with Crippen molar-refractivity contribution < 1.29 is 4.79 Å². The van der Waals surface area contributed by atoms with Crippen LogP contribution in [0.5, 0.6) is 0 Å². The third-order valence-corrected chi connectivity index (χ3v) is 4.79. The maximum absolute atomic E-state index is 11.5. The minimum Gasteiger partial charge on any atom is -0.300 e. The molecule has 0 saturated carbocycles. The van der Waals surface area contributed by atoms with Gasteiger partial charge in [-0.25, -0.2) is 4.98 Å². The van der Waals surface area contributed by atoms with E-state index in [2.05, 4.69) is 16.8 Å². The highest BCUT2D eigenvalue weighted by molar-refractivity contribution is 7.09. The lowest BCUT2D eigenvalue weighted by atomic mass is 10.0. The summed E-state index contributed by atoms with van der Waals surface area (Å²) in [5.74, 6) is 0.463. The first-order chi connectivity index (χ1) is 7.74. The van der Waals surface area contributed by atoms with Gasteiger partial charge in [-0.3, -0.25) is 9.69 Å². The van der Waals surface area contributed by atoms with Crippen LogP contribution in [0.3, 0.4) is 0 Å². The molecule has 0 aromatic carbocycles. The topological polar surface area (TPSA) is 33.2 Å². The summed E-state index contributed by atoms with van der Waals surface area (Å²) in [4.78, 5) is 19.7. The van der Waals surface area contributed by atoms with Crippen molar-refractivity contribution in [1.82, 2.24) is 9.88 Å². The minimum absolute atomic E-state index is 0.463. The molecule has 3 nitrogen and oxygen atoms in total. The maximum Gasteiger partial charge on any atom is 0.136 e. The molecule has 0 spiro atoms. The second kappa shape index (κ2) is 3.93. The minimum atomic E-state index is 0.463. The van der Waals surface area contributed by atoms with Gasteiger partial charge in [0.2, 0.25) is 0 Å². The van der Waals surface area contributed by atoms with Crippen LogP contribution >= 0.6 is 11.3 Å². The molecule has 0 radical (unpaired) electrons. The van der Waals surface area contributed by atoms with E-state index in [1.54, 1.807) is 11.3 Å². The Balaban J connectivity index is 1.77. The van der Waals surface area contributed by atoms with Crippen LogP contribution in [0.2, 0.25) is 0 Å². The third-order valence-electron chi connectivity index (χ3n) is 3.87. The molecule has 0 amide bonds. The summed E-state index contributed by atoms with van der Waals surface area (Å²) in [7, 11) is 0. The standard InChI is InChI=1S/C12H16N2OS/c1-8-12(16-7-13-8)6-14-9-2-3-10(14)5-11(15)4-9/h7,9-10H,2-6H2,1H3. The van der Waals surface area contributed by atoms with Crippen LogP contribution in [0.1, 0.15) is 36.3 Å². The Hall–Kier alpha value is -0.740. The highest BCUT2D eigenvalue weighted by Crippen LogP contribution is 2.35. The zero-order valence-corrected chi connectivity index (χ0v) is 10.3. The number of fused-ring (bicyclic) bond motifs is 2. The number of aryl methyl sites for hydroxylation is 1. The SMILES string of the molecule is Cc1ncsc1CN1C2CCC1CC(=O)C2. The van der Waals surface area contributed by atoms with Gasteiger partial charge in [0, 0.05) is 36.3 Å². The number of carbonyl (C=O) groups is 1. The number of thiazole rings is 1. The van der Waals surface area contributed by atoms with Crippen molar-refractivity contribution in [2.45, 2.75) is 51.2 Å². The van der Waals surface area contributed by atoms with E-state index < -0.39 is 0 Å². The Labute approximate surface area is 99.5 Å². The van der Waals surface area contributed by atoms with Crippen LogP contribution in [0.25, 0.3) is 0 Å². The molecular formula is C12H16N2OS. The van der Waals surface area contributed by atoms with E-state index in [0.717, 1.165) is 25.1 Å². The normalized spacial score (nSPS) is 29.9. The molecule has 2 bridgehead atoms. The molecule has 1 aromatic heterocycles. The fraction of sp³-hybridized carbons (Fsp3) is 0.667. The molecule has 2 saturated heterocycles. The summed E-state index contributed by atoms with van der Waals surface area (Å²) in [6, 6.07) is 1.01. The van der Waals surface area contributed by atoms with Crippen molar-refractivity contribution >= 4 is 17.1 Å². The summed E-state index contributed by atoms with van der Waals surface area (Å²) >= 11 is 1.74. The highest BCUT2D eigenvalue weighted by Gasteiger charge is 2.40. The zero-order valence-electron chi connectivity index (χ0n) is 9.48. The first-order valence-corrected chi connectivity index (χ1v) is 6.78. The van der Waals surface area contributed by atoms with Gasteiger partial charge in [0.15, 0.2) is 0 Å². The summed E-state index contributed by atoms with van der Waals surface area (Å²) in [5.41, 5.74) is 3.07. The van der Waals surface area contributed by atoms with Crippen LogP contribution < -0.4 is 0 Å². The molecule has 0 N–H and O–H groups in total. The number of rotatable bonds is 2. The van der Waals surface area contributed by atoms with Gasteiger partial charge < -0.3 is 0 Å². The average Bonchev–Trinajstić information content (AvgIpc) is 2.73. The van der Waals surface area contributed by atoms with Gasteiger partial charge in [-0.1, -0.05) is 0 Å². The molecule has 2 aliphatic heterocycles. The summed E-state index contributed by atoms with van der Waals surface area (Å²) < 4.78 is 0. The first kappa shape index (κ1) is 10.4. The van der Waals surface area contributed by atoms with Crippen LogP contribution in [0, 0.1) is 6.92 Å². The molecule has 3 rings (SSSR count). The maximum atomic E-state index is 11.5. The van der Waals surface area contributed by atoms with Crippen LogP contribution in [-0.2, 0) is 11.3 Å². The molecule has 1 aromatic rings. The van der Waals surface area contributed by atoms with Crippen molar-refractivity contribution in [1.29, 1.82) is 0 Å². The van der Waals surface area contributed by atoms with Crippen molar-refractivity contribution in [2.24, 2.45) is 0 Å². The lowest BCUT2D eigenvalue weighted by molar-refractivity contribution is -0.123. The number of ketones is 1. The molecule has 2 aliphatic rings. The number of carbonyl (C=O) groups excluding carboxylic acids is 1. The Bertz CT molecular complexity index is 399. The van der Waals surface area contributed by atoms with Gasteiger partial charge >= 0.3 is 0 Å². The molecule has 2 fully saturated rings. The molecular weight excluding hydrogens is 220 g/mol. The van der Waals surface area contributed by atoms with Crippen molar-refractivity contribution in [2.75, 3.05) is 0 Å². The van der Waals surface area contributed by atoms with Crippen LogP contribution in [-0.4, -0.2) is 27.8 Å². The fourth-order valence-electron chi connectivity index (χ4n) is 2.96. The summed E-state index contributed by atoms with van der Waals surface area (Å²) in [6.45, 7) is 3.07. The van der Waals surface area contributed by atoms with Gasteiger partial charge in [-0.05, 0) is 19.8 Å². The van der Waals surface area contributed by atoms with Crippen molar-refractivity contribution in [3.63, 3.8) is 0 Å². The molecule has 0 aliphatic carbocycles. The molecule has 86 valence electrons. The van der Waals surface area contributed by atoms with Crippen molar-refractivity contribution in [3.8, 4) is 0 Å². The third kappa shape index (κ3) is 1.70. The Morgan fingerprint density at radius 2 is 2.12 bits per heavy atom. The zero-order chi connectivity index (χ0) is 11.1. The van der Waals surface area contributed by atoms with Gasteiger partial charge in [0.1, 0.15) is 5.78 Å². The van der Waals surface area contributed by atoms with E-state index in [1.807, 2.05) is 5.51 Å². The van der Waals surface area contributed by atoms with Gasteiger partial charge in [-0.15, -0.1) is 11.3 Å². The van der Waals surface area contributed by atoms with E-state index >= 15 is 0 Å². The fourth-order valence-corrected chi connectivity index (χ4v) is 3.75. The molecule has 3 heterocycles. The quantitative estimate of drug-likeness (QED) is 0.789. The largest absolute Gasteiger partial charge is 0.300 e. The Morgan fingerprint density at radius 1 is 1.44 bits per heavy atom. The van der Waals surface area contributed by atoms with Gasteiger partial charge in [-0.2, -0.15) is 0 Å². The predicted octanol–water partition coefficient (Wildman–Crippen LogP) is 2.15. The second-order valence-electron chi connectivity index (χ2n) is 4.87. The number of piperidine rings is 1. The van der Waals surface area contributed by atoms with E-state index in [0.29, 0.717) is 17.9 Å².